The molecule has 104 valence electrons. The molecule has 0 bridgehead atoms. The molecule has 1 aromatic carbocycles. The van der Waals surface area contributed by atoms with E-state index < -0.39 is 0 Å². The smallest absolute Gasteiger partial charge is 0.409 e. The molecule has 1 amide bonds. The third kappa shape index (κ3) is 4.56. The highest BCUT2D eigenvalue weighted by molar-refractivity contribution is 5.67. The minimum absolute atomic E-state index is 0.253. The number of carbonyl (C=O) groups is 1. The van der Waals surface area contributed by atoms with Crippen LogP contribution in [-0.2, 0) is 11.3 Å². The standard InChI is InChI=1S/C15H22N2O2/c1-17(11-14-9-5-6-10-16-14)15(18)19-12-13-7-3-2-4-8-13/h2-4,7-8,14,16H,5-6,9-12H2,1H3. The molecule has 1 fully saturated rings. The molecular formula is C15H22N2O2. The molecule has 1 aromatic rings. The molecule has 19 heavy (non-hydrogen) atoms. The van der Waals surface area contributed by atoms with Crippen LogP contribution in [0.5, 0.6) is 0 Å². The molecule has 1 heterocycles. The molecular weight excluding hydrogens is 240 g/mol. The van der Waals surface area contributed by atoms with Crippen molar-refractivity contribution < 1.29 is 9.53 Å². The van der Waals surface area contributed by atoms with Crippen molar-refractivity contribution in [2.24, 2.45) is 0 Å². The van der Waals surface area contributed by atoms with Crippen LogP contribution in [0.1, 0.15) is 24.8 Å². The van der Waals surface area contributed by atoms with E-state index in [-0.39, 0.29) is 6.09 Å². The maximum absolute atomic E-state index is 11.9. The second-order valence-electron chi connectivity index (χ2n) is 5.07. The third-order valence-corrected chi connectivity index (χ3v) is 3.42. The molecule has 1 unspecified atom stereocenters. The van der Waals surface area contributed by atoms with E-state index in [1.54, 1.807) is 11.9 Å². The fraction of sp³-hybridized carbons (Fsp3) is 0.533. The maximum atomic E-state index is 11.9. The molecule has 1 atom stereocenters. The molecule has 4 heteroatoms. The Kier molecular flexibility index (Phi) is 5.21. The molecule has 0 saturated carbocycles. The number of carbonyl (C=O) groups excluding carboxylic acids is 1. The number of piperidine rings is 1. The van der Waals surface area contributed by atoms with E-state index in [0.29, 0.717) is 19.2 Å². The van der Waals surface area contributed by atoms with Crippen molar-refractivity contribution in [3.05, 3.63) is 35.9 Å². The normalized spacial score (nSPS) is 18.9. The minimum atomic E-state index is -0.253. The van der Waals surface area contributed by atoms with E-state index >= 15 is 0 Å². The van der Waals surface area contributed by atoms with Crippen LogP contribution < -0.4 is 5.32 Å². The third-order valence-electron chi connectivity index (χ3n) is 3.42. The minimum Gasteiger partial charge on any atom is -0.445 e. The van der Waals surface area contributed by atoms with Gasteiger partial charge in [-0.25, -0.2) is 4.79 Å². The van der Waals surface area contributed by atoms with Gasteiger partial charge in [0.15, 0.2) is 0 Å². The van der Waals surface area contributed by atoms with Crippen molar-refractivity contribution in [3.63, 3.8) is 0 Å². The first kappa shape index (κ1) is 13.9. The van der Waals surface area contributed by atoms with Crippen molar-refractivity contribution in [1.29, 1.82) is 0 Å². The van der Waals surface area contributed by atoms with Crippen LogP contribution in [0.25, 0.3) is 0 Å². The monoisotopic (exact) mass is 262 g/mol. The van der Waals surface area contributed by atoms with E-state index in [9.17, 15) is 4.79 Å². The van der Waals surface area contributed by atoms with Gasteiger partial charge in [0, 0.05) is 19.6 Å². The number of ether oxygens (including phenoxy) is 1. The Morgan fingerprint density at radius 2 is 2.16 bits per heavy atom. The van der Waals surface area contributed by atoms with Crippen molar-refractivity contribution >= 4 is 6.09 Å². The Morgan fingerprint density at radius 3 is 2.84 bits per heavy atom. The average molecular weight is 262 g/mol. The summed E-state index contributed by atoms with van der Waals surface area (Å²) in [5.74, 6) is 0. The lowest BCUT2D eigenvalue weighted by Gasteiger charge is -2.27. The van der Waals surface area contributed by atoms with E-state index in [1.165, 1.54) is 12.8 Å². The van der Waals surface area contributed by atoms with Gasteiger partial charge in [0.05, 0.1) is 0 Å². The number of rotatable bonds is 4. The number of benzene rings is 1. The number of hydrogen-bond acceptors (Lipinski definition) is 3. The van der Waals surface area contributed by atoms with E-state index in [1.807, 2.05) is 30.3 Å². The van der Waals surface area contributed by atoms with Crippen molar-refractivity contribution in [2.75, 3.05) is 20.1 Å². The molecule has 2 rings (SSSR count). The number of amides is 1. The maximum Gasteiger partial charge on any atom is 0.409 e. The number of hydrogen-bond donors (Lipinski definition) is 1. The van der Waals surface area contributed by atoms with Gasteiger partial charge < -0.3 is 15.0 Å². The number of nitrogens with one attached hydrogen (secondary N) is 1. The Morgan fingerprint density at radius 1 is 1.37 bits per heavy atom. The fourth-order valence-corrected chi connectivity index (χ4v) is 2.31. The summed E-state index contributed by atoms with van der Waals surface area (Å²) in [7, 11) is 1.80. The lowest BCUT2D eigenvalue weighted by molar-refractivity contribution is 0.1000. The van der Waals surface area contributed by atoms with E-state index in [4.69, 9.17) is 4.74 Å². The molecule has 0 aliphatic carbocycles. The number of nitrogens with zero attached hydrogens (tertiary/aromatic N) is 1. The molecule has 0 spiro atoms. The quantitative estimate of drug-likeness (QED) is 0.906. The van der Waals surface area contributed by atoms with Crippen LogP contribution in [0.15, 0.2) is 30.3 Å². The lowest BCUT2D eigenvalue weighted by Crippen LogP contribution is -2.44. The van der Waals surface area contributed by atoms with Gasteiger partial charge in [-0.2, -0.15) is 0 Å². The Bertz CT molecular complexity index is 388. The summed E-state index contributed by atoms with van der Waals surface area (Å²) >= 11 is 0. The summed E-state index contributed by atoms with van der Waals surface area (Å²) in [6.45, 7) is 2.10. The van der Waals surface area contributed by atoms with Crippen molar-refractivity contribution in [1.82, 2.24) is 10.2 Å². The van der Waals surface area contributed by atoms with Gasteiger partial charge in [0.2, 0.25) is 0 Å². The largest absolute Gasteiger partial charge is 0.445 e. The Hall–Kier alpha value is -1.55. The van der Waals surface area contributed by atoms with Gasteiger partial charge >= 0.3 is 6.09 Å². The highest BCUT2D eigenvalue weighted by Crippen LogP contribution is 2.09. The van der Waals surface area contributed by atoms with Crippen LogP contribution in [0.2, 0.25) is 0 Å². The zero-order valence-electron chi connectivity index (χ0n) is 11.5. The first-order valence-electron chi connectivity index (χ1n) is 6.91. The highest BCUT2D eigenvalue weighted by atomic mass is 16.6. The van der Waals surface area contributed by atoms with Gasteiger partial charge in [0.25, 0.3) is 0 Å². The first-order chi connectivity index (χ1) is 9.25. The lowest BCUT2D eigenvalue weighted by atomic mass is 10.1. The van der Waals surface area contributed by atoms with Crippen LogP contribution in [0.3, 0.4) is 0 Å². The van der Waals surface area contributed by atoms with Crippen LogP contribution >= 0.6 is 0 Å². The van der Waals surface area contributed by atoms with Gasteiger partial charge in [-0.15, -0.1) is 0 Å². The summed E-state index contributed by atoms with van der Waals surface area (Å²) in [6.07, 6.45) is 3.36. The molecule has 4 nitrogen and oxygen atoms in total. The van der Waals surface area contributed by atoms with E-state index in [2.05, 4.69) is 5.32 Å². The van der Waals surface area contributed by atoms with Gasteiger partial charge in [-0.05, 0) is 24.9 Å². The first-order valence-corrected chi connectivity index (χ1v) is 6.91. The topological polar surface area (TPSA) is 41.6 Å². The molecule has 1 saturated heterocycles. The van der Waals surface area contributed by atoms with E-state index in [0.717, 1.165) is 18.5 Å². The molecule has 1 aliphatic heterocycles. The van der Waals surface area contributed by atoms with Crippen LogP contribution in [-0.4, -0.2) is 37.2 Å². The molecule has 0 aromatic heterocycles. The second-order valence-corrected chi connectivity index (χ2v) is 5.07. The summed E-state index contributed by atoms with van der Waals surface area (Å²) in [5.41, 5.74) is 1.01. The van der Waals surface area contributed by atoms with Crippen LogP contribution in [0.4, 0.5) is 4.79 Å². The molecule has 0 radical (unpaired) electrons. The highest BCUT2D eigenvalue weighted by Gasteiger charge is 2.18. The zero-order chi connectivity index (χ0) is 13.5. The summed E-state index contributed by atoms with van der Waals surface area (Å²) in [6, 6.07) is 10.2. The summed E-state index contributed by atoms with van der Waals surface area (Å²) in [4.78, 5) is 13.5. The van der Waals surface area contributed by atoms with Gasteiger partial charge in [-0.1, -0.05) is 36.8 Å². The Balaban J connectivity index is 1.72. The second kappa shape index (κ2) is 7.14. The fourth-order valence-electron chi connectivity index (χ4n) is 2.31. The van der Waals surface area contributed by atoms with Crippen LogP contribution in [0, 0.1) is 0 Å². The summed E-state index contributed by atoms with van der Waals surface area (Å²) in [5, 5.41) is 3.43. The zero-order valence-corrected chi connectivity index (χ0v) is 11.5. The number of likely N-dealkylation sites (N-methyl/N-ethyl adjacent to an activating group) is 1. The predicted octanol–water partition coefficient (Wildman–Crippen LogP) is 2.40. The predicted molar refractivity (Wildman–Crippen MR) is 74.9 cm³/mol. The SMILES string of the molecule is CN(CC1CCCCN1)C(=O)OCc1ccccc1. The van der Waals surface area contributed by atoms with Gasteiger partial charge in [-0.3, -0.25) is 0 Å². The molecule has 1 N–H and O–H groups in total. The van der Waals surface area contributed by atoms with Gasteiger partial charge in [0.1, 0.15) is 6.61 Å². The summed E-state index contributed by atoms with van der Waals surface area (Å²) < 4.78 is 5.29. The van der Waals surface area contributed by atoms with Crippen molar-refractivity contribution in [3.8, 4) is 0 Å². The molecule has 1 aliphatic rings. The average Bonchev–Trinajstić information content (AvgIpc) is 2.47. The van der Waals surface area contributed by atoms with Crippen molar-refractivity contribution in [2.45, 2.75) is 31.9 Å². The Labute approximate surface area is 114 Å².